The second-order valence-corrected chi connectivity index (χ2v) is 5.84. The van der Waals surface area contributed by atoms with Crippen LogP contribution in [-0.4, -0.2) is 31.8 Å². The van der Waals surface area contributed by atoms with Gasteiger partial charge in [0, 0.05) is 13.7 Å². The van der Waals surface area contributed by atoms with Gasteiger partial charge in [-0.1, -0.05) is 30.3 Å². The van der Waals surface area contributed by atoms with E-state index < -0.39 is 5.41 Å². The maximum Gasteiger partial charge on any atom is 0.317 e. The minimum atomic E-state index is -0.812. The van der Waals surface area contributed by atoms with E-state index in [1.165, 1.54) is 0 Å². The predicted octanol–water partition coefficient (Wildman–Crippen LogP) is 2.65. The number of hydrogen-bond donors (Lipinski definition) is 1. The van der Waals surface area contributed by atoms with Crippen LogP contribution in [0.4, 0.5) is 0 Å². The van der Waals surface area contributed by atoms with Crippen LogP contribution in [-0.2, 0) is 19.7 Å². The molecule has 2 N–H and O–H groups in total. The van der Waals surface area contributed by atoms with Crippen molar-refractivity contribution in [1.82, 2.24) is 0 Å². The molecule has 1 unspecified atom stereocenters. The van der Waals surface area contributed by atoms with Crippen molar-refractivity contribution in [1.29, 1.82) is 0 Å². The number of nitrogens with two attached hydrogens (primary N) is 1. The summed E-state index contributed by atoms with van der Waals surface area (Å²) in [6, 6.07) is 9.63. The van der Waals surface area contributed by atoms with Crippen molar-refractivity contribution in [3.05, 3.63) is 35.9 Å². The molecule has 0 aliphatic rings. The fourth-order valence-corrected chi connectivity index (χ4v) is 2.31. The van der Waals surface area contributed by atoms with Gasteiger partial charge in [0.1, 0.15) is 5.41 Å². The summed E-state index contributed by atoms with van der Waals surface area (Å²) in [5.41, 5.74) is 5.78. The van der Waals surface area contributed by atoms with E-state index in [9.17, 15) is 4.79 Å². The van der Waals surface area contributed by atoms with E-state index >= 15 is 0 Å². The fourth-order valence-electron chi connectivity index (χ4n) is 2.31. The molecule has 0 amide bonds. The van der Waals surface area contributed by atoms with Gasteiger partial charge in [0.2, 0.25) is 0 Å². The molecular formula is C17H27NO3. The van der Waals surface area contributed by atoms with Crippen molar-refractivity contribution in [3.8, 4) is 0 Å². The first kappa shape index (κ1) is 17.7. The second-order valence-electron chi connectivity index (χ2n) is 5.84. The lowest BCUT2D eigenvalue weighted by atomic mass is 9.75. The van der Waals surface area contributed by atoms with Crippen LogP contribution < -0.4 is 5.73 Å². The van der Waals surface area contributed by atoms with Gasteiger partial charge >= 0.3 is 5.97 Å². The molecule has 1 rings (SSSR count). The average Bonchev–Trinajstić information content (AvgIpc) is 2.50. The summed E-state index contributed by atoms with van der Waals surface area (Å²) in [6.07, 6.45) is 1.31. The third-order valence-corrected chi connectivity index (χ3v) is 4.05. The van der Waals surface area contributed by atoms with Gasteiger partial charge in [-0.25, -0.2) is 0 Å². The quantitative estimate of drug-likeness (QED) is 0.749. The van der Waals surface area contributed by atoms with E-state index in [1.54, 1.807) is 7.11 Å². The van der Waals surface area contributed by atoms with E-state index in [4.69, 9.17) is 15.2 Å². The molecule has 0 aromatic heterocycles. The average molecular weight is 293 g/mol. The second kappa shape index (κ2) is 7.57. The van der Waals surface area contributed by atoms with Crippen LogP contribution in [0.2, 0.25) is 0 Å². The summed E-state index contributed by atoms with van der Waals surface area (Å²) >= 11 is 0. The molecule has 1 aromatic rings. The van der Waals surface area contributed by atoms with E-state index in [0.29, 0.717) is 19.4 Å². The van der Waals surface area contributed by atoms with Crippen molar-refractivity contribution >= 4 is 5.97 Å². The van der Waals surface area contributed by atoms with Crippen molar-refractivity contribution in [2.45, 2.75) is 44.6 Å². The normalized spacial score (nSPS) is 14.5. The Balaban J connectivity index is 3.12. The number of carbonyl (C=O) groups excluding carboxylic acids is 1. The maximum absolute atomic E-state index is 12.6. The molecule has 0 aliphatic heterocycles. The van der Waals surface area contributed by atoms with Crippen molar-refractivity contribution < 1.29 is 14.3 Å². The zero-order valence-corrected chi connectivity index (χ0v) is 13.5. The molecule has 0 saturated carbocycles. The monoisotopic (exact) mass is 293 g/mol. The predicted molar refractivity (Wildman–Crippen MR) is 84.1 cm³/mol. The molecule has 0 radical (unpaired) electrons. The Bertz CT molecular complexity index is 445. The van der Waals surface area contributed by atoms with Crippen LogP contribution in [0.3, 0.4) is 0 Å². The Morgan fingerprint density at radius 1 is 1.19 bits per heavy atom. The highest BCUT2D eigenvalue weighted by atomic mass is 16.5. The van der Waals surface area contributed by atoms with Gasteiger partial charge in [-0.3, -0.25) is 4.79 Å². The zero-order chi connectivity index (χ0) is 15.9. The molecule has 4 nitrogen and oxygen atoms in total. The highest BCUT2D eigenvalue weighted by Gasteiger charge is 2.41. The summed E-state index contributed by atoms with van der Waals surface area (Å²) in [5.74, 6) is -0.259. The summed E-state index contributed by atoms with van der Waals surface area (Å²) in [6.45, 7) is 6.38. The van der Waals surface area contributed by atoms with Crippen molar-refractivity contribution in [2.24, 2.45) is 5.73 Å². The molecule has 0 spiro atoms. The zero-order valence-electron chi connectivity index (χ0n) is 13.5. The number of hydrogen-bond acceptors (Lipinski definition) is 4. The van der Waals surface area contributed by atoms with Gasteiger partial charge < -0.3 is 15.2 Å². The van der Waals surface area contributed by atoms with Gasteiger partial charge in [-0.2, -0.15) is 0 Å². The maximum atomic E-state index is 12.6. The molecule has 118 valence electrons. The molecule has 0 saturated heterocycles. The molecule has 0 heterocycles. The summed E-state index contributed by atoms with van der Waals surface area (Å²) in [4.78, 5) is 12.6. The summed E-state index contributed by atoms with van der Waals surface area (Å²) in [7, 11) is 1.68. The lowest BCUT2D eigenvalue weighted by Gasteiger charge is -2.34. The molecule has 1 atom stereocenters. The van der Waals surface area contributed by atoms with Crippen LogP contribution in [0.25, 0.3) is 0 Å². The minimum Gasteiger partial charge on any atom is -0.465 e. The molecule has 0 bridgehead atoms. The highest BCUT2D eigenvalue weighted by molar-refractivity contribution is 5.83. The van der Waals surface area contributed by atoms with Crippen LogP contribution in [0.15, 0.2) is 30.3 Å². The van der Waals surface area contributed by atoms with Crippen LogP contribution >= 0.6 is 0 Å². The molecule has 1 aromatic carbocycles. The first-order chi connectivity index (χ1) is 9.91. The lowest BCUT2D eigenvalue weighted by Crippen LogP contribution is -2.45. The molecule has 0 aliphatic carbocycles. The molecule has 4 heteroatoms. The van der Waals surface area contributed by atoms with E-state index in [2.05, 4.69) is 0 Å². The van der Waals surface area contributed by atoms with Crippen LogP contribution in [0, 0.1) is 0 Å². The number of benzene rings is 1. The van der Waals surface area contributed by atoms with Crippen molar-refractivity contribution in [2.75, 3.05) is 20.3 Å². The van der Waals surface area contributed by atoms with Gasteiger partial charge in [0.05, 0.1) is 12.2 Å². The van der Waals surface area contributed by atoms with Crippen molar-refractivity contribution in [3.63, 3.8) is 0 Å². The number of ether oxygens (including phenoxy) is 2. The first-order valence-electron chi connectivity index (χ1n) is 7.40. The SMILES string of the molecule is CCOC(=O)C(CN)(CCC(C)(C)OC)c1ccccc1. The largest absolute Gasteiger partial charge is 0.465 e. The Hall–Kier alpha value is -1.39. The lowest BCUT2D eigenvalue weighted by molar-refractivity contribution is -0.150. The smallest absolute Gasteiger partial charge is 0.317 e. The molecule has 0 fully saturated rings. The number of rotatable bonds is 8. The third kappa shape index (κ3) is 4.29. The van der Waals surface area contributed by atoms with Gasteiger partial charge in [-0.15, -0.1) is 0 Å². The third-order valence-electron chi connectivity index (χ3n) is 4.05. The summed E-state index contributed by atoms with van der Waals surface area (Å²) < 4.78 is 10.8. The number of methoxy groups -OCH3 is 1. The molecule has 21 heavy (non-hydrogen) atoms. The topological polar surface area (TPSA) is 61.5 Å². The Labute approximate surface area is 127 Å². The fraction of sp³-hybridized carbons (Fsp3) is 0.588. The molecular weight excluding hydrogens is 266 g/mol. The number of carbonyl (C=O) groups is 1. The number of esters is 1. The van der Waals surface area contributed by atoms with Crippen LogP contribution in [0.1, 0.15) is 39.2 Å². The first-order valence-corrected chi connectivity index (χ1v) is 7.40. The van der Waals surface area contributed by atoms with Gasteiger partial charge in [0.15, 0.2) is 0 Å². The van der Waals surface area contributed by atoms with E-state index in [-0.39, 0.29) is 18.1 Å². The summed E-state index contributed by atoms with van der Waals surface area (Å²) in [5, 5.41) is 0. The van der Waals surface area contributed by atoms with E-state index in [1.807, 2.05) is 51.1 Å². The Morgan fingerprint density at radius 3 is 2.29 bits per heavy atom. The van der Waals surface area contributed by atoms with E-state index in [0.717, 1.165) is 5.56 Å². The van der Waals surface area contributed by atoms with Gasteiger partial charge in [-0.05, 0) is 39.2 Å². The minimum absolute atomic E-state index is 0.218. The Kier molecular flexibility index (Phi) is 6.37. The van der Waals surface area contributed by atoms with Crippen LogP contribution in [0.5, 0.6) is 0 Å². The standard InChI is InChI=1S/C17H27NO3/c1-5-21-15(19)17(13-18,12-11-16(2,3)20-4)14-9-7-6-8-10-14/h6-10H,5,11-13,18H2,1-4H3. The van der Waals surface area contributed by atoms with Gasteiger partial charge in [0.25, 0.3) is 0 Å². The Morgan fingerprint density at radius 2 is 1.81 bits per heavy atom. The highest BCUT2D eigenvalue weighted by Crippen LogP contribution is 2.33.